The van der Waals surface area contributed by atoms with Crippen molar-refractivity contribution >= 4 is 21.6 Å². The molecule has 168 valence electrons. The lowest BCUT2D eigenvalue weighted by atomic mass is 10.1. The van der Waals surface area contributed by atoms with Gasteiger partial charge in [0, 0.05) is 17.2 Å². The summed E-state index contributed by atoms with van der Waals surface area (Å²) in [6.07, 6.45) is -0.0282. The summed E-state index contributed by atoms with van der Waals surface area (Å²) in [4.78, 5) is 12.4. The van der Waals surface area contributed by atoms with Crippen LogP contribution >= 0.6 is 0 Å². The van der Waals surface area contributed by atoms with Crippen LogP contribution in [0.4, 0.5) is 14.5 Å². The van der Waals surface area contributed by atoms with E-state index in [0.29, 0.717) is 5.75 Å². The molecular weight excluding hydrogens is 438 g/mol. The first-order valence-electron chi connectivity index (χ1n) is 9.71. The van der Waals surface area contributed by atoms with Crippen molar-refractivity contribution in [3.63, 3.8) is 0 Å². The zero-order valence-corrected chi connectivity index (χ0v) is 18.2. The highest BCUT2D eigenvalue weighted by Gasteiger charge is 2.19. The molecule has 3 aromatic rings. The summed E-state index contributed by atoms with van der Waals surface area (Å²) in [5.41, 5.74) is 0.386. The average molecular weight is 461 g/mol. The second kappa shape index (κ2) is 9.78. The van der Waals surface area contributed by atoms with Gasteiger partial charge < -0.3 is 10.1 Å². The second-order valence-corrected chi connectivity index (χ2v) is 8.79. The Labute approximate surface area is 185 Å². The van der Waals surface area contributed by atoms with E-state index >= 15 is 0 Å². The standard InChI is InChI=1S/C23H22F2N2O4S/c1-15(14-18-19(24)6-5-7-20(18)25)26-23(28)16-10-12-17(13-11-16)32(29,30)27-21-8-3-4-9-22(21)31-2/h3-13,15,27H,14H2,1-2H3,(H,26,28). The molecule has 0 fully saturated rings. The van der Waals surface area contributed by atoms with E-state index < -0.39 is 33.6 Å². The van der Waals surface area contributed by atoms with Gasteiger partial charge in [-0.2, -0.15) is 0 Å². The van der Waals surface area contributed by atoms with Crippen LogP contribution in [0, 0.1) is 11.6 Å². The summed E-state index contributed by atoms with van der Waals surface area (Å²) in [5.74, 6) is -1.48. The van der Waals surface area contributed by atoms with Gasteiger partial charge in [-0.3, -0.25) is 9.52 Å². The lowest BCUT2D eigenvalue weighted by Gasteiger charge is -2.15. The number of carbonyl (C=O) groups is 1. The van der Waals surface area contributed by atoms with Crippen molar-refractivity contribution in [2.45, 2.75) is 24.3 Å². The molecule has 9 heteroatoms. The number of hydrogen-bond acceptors (Lipinski definition) is 4. The zero-order valence-electron chi connectivity index (χ0n) is 17.4. The largest absolute Gasteiger partial charge is 0.495 e. The van der Waals surface area contributed by atoms with Gasteiger partial charge in [0.1, 0.15) is 17.4 Å². The number of sulfonamides is 1. The van der Waals surface area contributed by atoms with E-state index in [4.69, 9.17) is 4.74 Å². The third-order valence-electron chi connectivity index (χ3n) is 4.73. The highest BCUT2D eigenvalue weighted by molar-refractivity contribution is 7.92. The Hall–Kier alpha value is -3.46. The van der Waals surface area contributed by atoms with E-state index in [-0.39, 0.29) is 28.1 Å². The predicted octanol–water partition coefficient (Wildman–Crippen LogP) is 4.14. The van der Waals surface area contributed by atoms with Crippen molar-refractivity contribution in [3.05, 3.63) is 89.5 Å². The monoisotopic (exact) mass is 460 g/mol. The summed E-state index contributed by atoms with van der Waals surface area (Å²) in [7, 11) is -2.47. The van der Waals surface area contributed by atoms with Crippen LogP contribution in [0.5, 0.6) is 5.75 Å². The SMILES string of the molecule is COc1ccccc1NS(=O)(=O)c1ccc(C(=O)NC(C)Cc2c(F)cccc2F)cc1. The van der Waals surface area contributed by atoms with Crippen molar-refractivity contribution in [3.8, 4) is 5.75 Å². The molecule has 2 N–H and O–H groups in total. The molecule has 1 unspecified atom stereocenters. The second-order valence-electron chi connectivity index (χ2n) is 7.11. The Balaban J connectivity index is 1.68. The quantitative estimate of drug-likeness (QED) is 0.529. The Kier molecular flexibility index (Phi) is 7.09. The molecule has 0 heterocycles. The molecule has 0 spiro atoms. The summed E-state index contributed by atoms with van der Waals surface area (Å²) < 4.78 is 60.5. The van der Waals surface area contributed by atoms with Crippen molar-refractivity contribution in [2.75, 3.05) is 11.8 Å². The van der Waals surface area contributed by atoms with E-state index in [1.54, 1.807) is 31.2 Å². The minimum atomic E-state index is -3.91. The number of hydrogen-bond donors (Lipinski definition) is 2. The van der Waals surface area contributed by atoms with Crippen molar-refractivity contribution in [1.29, 1.82) is 0 Å². The van der Waals surface area contributed by atoms with Gasteiger partial charge in [-0.15, -0.1) is 0 Å². The molecule has 3 rings (SSSR count). The van der Waals surface area contributed by atoms with E-state index in [1.807, 2.05) is 0 Å². The summed E-state index contributed by atoms with van der Waals surface area (Å²) in [5, 5.41) is 2.66. The van der Waals surface area contributed by atoms with E-state index in [0.717, 1.165) is 12.1 Å². The Bertz CT molecular complexity index is 1190. The number of carbonyl (C=O) groups excluding carboxylic acids is 1. The Morgan fingerprint density at radius 1 is 0.969 bits per heavy atom. The fraction of sp³-hybridized carbons (Fsp3) is 0.174. The zero-order chi connectivity index (χ0) is 23.3. The van der Waals surface area contributed by atoms with Crippen LogP contribution in [-0.4, -0.2) is 27.5 Å². The minimum Gasteiger partial charge on any atom is -0.495 e. The third-order valence-corrected chi connectivity index (χ3v) is 6.11. The number of rotatable bonds is 8. The molecule has 0 bridgehead atoms. The molecule has 0 aliphatic carbocycles. The van der Waals surface area contributed by atoms with Gasteiger partial charge in [0.2, 0.25) is 0 Å². The number of methoxy groups -OCH3 is 1. The molecule has 3 aromatic carbocycles. The van der Waals surface area contributed by atoms with Gasteiger partial charge in [0.15, 0.2) is 0 Å². The van der Waals surface area contributed by atoms with Crippen LogP contribution in [0.25, 0.3) is 0 Å². The lowest BCUT2D eigenvalue weighted by Crippen LogP contribution is -2.34. The van der Waals surface area contributed by atoms with E-state index in [1.165, 1.54) is 37.4 Å². The highest BCUT2D eigenvalue weighted by Crippen LogP contribution is 2.26. The van der Waals surface area contributed by atoms with Crippen molar-refractivity contribution in [2.24, 2.45) is 0 Å². The van der Waals surface area contributed by atoms with Gasteiger partial charge >= 0.3 is 0 Å². The van der Waals surface area contributed by atoms with Gasteiger partial charge in [0.05, 0.1) is 17.7 Å². The molecule has 0 aliphatic rings. The van der Waals surface area contributed by atoms with Gasteiger partial charge in [-0.25, -0.2) is 17.2 Å². The molecule has 0 saturated carbocycles. The maximum atomic E-state index is 13.8. The predicted molar refractivity (Wildman–Crippen MR) is 117 cm³/mol. The first-order valence-corrected chi connectivity index (χ1v) is 11.2. The molecule has 0 aromatic heterocycles. The number of benzene rings is 3. The molecule has 1 atom stereocenters. The molecule has 0 radical (unpaired) electrons. The smallest absolute Gasteiger partial charge is 0.262 e. The van der Waals surface area contributed by atoms with Crippen LogP contribution in [0.3, 0.4) is 0 Å². The molecule has 32 heavy (non-hydrogen) atoms. The van der Waals surface area contributed by atoms with Crippen LogP contribution in [0.2, 0.25) is 0 Å². The van der Waals surface area contributed by atoms with E-state index in [9.17, 15) is 22.0 Å². The van der Waals surface area contributed by atoms with Gasteiger partial charge in [-0.05, 0) is 61.9 Å². The van der Waals surface area contributed by atoms with Crippen LogP contribution in [0.1, 0.15) is 22.8 Å². The Morgan fingerprint density at radius 3 is 2.22 bits per heavy atom. The molecular formula is C23H22F2N2O4S. The molecule has 6 nitrogen and oxygen atoms in total. The normalized spacial score (nSPS) is 12.1. The fourth-order valence-electron chi connectivity index (χ4n) is 3.11. The fourth-order valence-corrected chi connectivity index (χ4v) is 4.18. The summed E-state index contributed by atoms with van der Waals surface area (Å²) in [6, 6.07) is 14.9. The number of anilines is 1. The van der Waals surface area contributed by atoms with Gasteiger partial charge in [-0.1, -0.05) is 18.2 Å². The van der Waals surface area contributed by atoms with Gasteiger partial charge in [0.25, 0.3) is 15.9 Å². The first kappa shape index (κ1) is 23.2. The number of ether oxygens (including phenoxy) is 1. The van der Waals surface area contributed by atoms with E-state index in [2.05, 4.69) is 10.0 Å². The minimum absolute atomic E-state index is 0.0282. The first-order chi connectivity index (χ1) is 15.2. The molecule has 0 aliphatic heterocycles. The maximum absolute atomic E-state index is 13.8. The average Bonchev–Trinajstić information content (AvgIpc) is 2.76. The molecule has 0 saturated heterocycles. The van der Waals surface area contributed by atoms with Crippen LogP contribution < -0.4 is 14.8 Å². The summed E-state index contributed by atoms with van der Waals surface area (Å²) >= 11 is 0. The maximum Gasteiger partial charge on any atom is 0.262 e. The van der Waals surface area contributed by atoms with Crippen LogP contribution in [0.15, 0.2) is 71.6 Å². The highest BCUT2D eigenvalue weighted by atomic mass is 32.2. The number of para-hydroxylation sites is 2. The number of amides is 1. The summed E-state index contributed by atoms with van der Waals surface area (Å²) in [6.45, 7) is 1.62. The van der Waals surface area contributed by atoms with Crippen molar-refractivity contribution in [1.82, 2.24) is 5.32 Å². The third kappa shape index (κ3) is 5.42. The molecule has 1 amide bonds. The number of halogens is 2. The van der Waals surface area contributed by atoms with Crippen LogP contribution in [-0.2, 0) is 16.4 Å². The topological polar surface area (TPSA) is 84.5 Å². The Morgan fingerprint density at radius 2 is 1.59 bits per heavy atom. The number of nitrogens with one attached hydrogen (secondary N) is 2. The van der Waals surface area contributed by atoms with Crippen molar-refractivity contribution < 1.29 is 26.7 Å². The lowest BCUT2D eigenvalue weighted by molar-refractivity contribution is 0.0939.